The molecule has 1 heterocycles. The van der Waals surface area contributed by atoms with Gasteiger partial charge in [-0.25, -0.2) is 0 Å². The monoisotopic (exact) mass is 465 g/mol. The molecule has 1 amide bonds. The van der Waals surface area contributed by atoms with Crippen LogP contribution in [0.25, 0.3) is 0 Å². The summed E-state index contributed by atoms with van der Waals surface area (Å²) in [5.41, 5.74) is 8.88. The molecule has 2 aromatic carbocycles. The Hall–Kier alpha value is -2.35. The number of benzene rings is 2. The predicted molar refractivity (Wildman–Crippen MR) is 137 cm³/mol. The molecule has 1 saturated carbocycles. The maximum absolute atomic E-state index is 13.2. The second kappa shape index (κ2) is 10.7. The molecule has 4 rings (SSSR count). The first-order valence-electron chi connectivity index (χ1n) is 12.0. The molecule has 0 aromatic heterocycles. The van der Waals surface area contributed by atoms with Crippen molar-refractivity contribution in [3.63, 3.8) is 0 Å². The normalized spacial score (nSPS) is 18.6. The van der Waals surface area contributed by atoms with Crippen LogP contribution in [0.3, 0.4) is 0 Å². The van der Waals surface area contributed by atoms with Gasteiger partial charge >= 0.3 is 0 Å². The van der Waals surface area contributed by atoms with Crippen molar-refractivity contribution < 1.29 is 4.79 Å². The Bertz CT molecular complexity index is 996. The number of piperidine rings is 1. The molecule has 7 heteroatoms. The number of nitrogen functional groups attached to an aromatic ring is 1. The third-order valence-corrected chi connectivity index (χ3v) is 7.76. The largest absolute Gasteiger partial charge is 0.398 e. The number of carbonyl (C=O) groups excluding carboxylic acids is 1. The van der Waals surface area contributed by atoms with Gasteiger partial charge in [-0.1, -0.05) is 37.8 Å². The lowest BCUT2D eigenvalue weighted by atomic mass is 9.79. The van der Waals surface area contributed by atoms with E-state index in [-0.39, 0.29) is 17.2 Å². The van der Waals surface area contributed by atoms with E-state index in [1.54, 1.807) is 18.2 Å². The minimum atomic E-state index is -0.0997. The number of anilines is 1. The zero-order valence-electron chi connectivity index (χ0n) is 19.2. The molecule has 0 radical (unpaired) electrons. The fourth-order valence-corrected chi connectivity index (χ4v) is 5.68. The quantitative estimate of drug-likeness (QED) is 0.272. The number of rotatable bonds is 7. The van der Waals surface area contributed by atoms with Crippen LogP contribution in [-0.4, -0.2) is 41.7 Å². The molecule has 2 aromatic rings. The maximum Gasteiger partial charge on any atom is 0.251 e. The van der Waals surface area contributed by atoms with Gasteiger partial charge in [0.05, 0.1) is 5.71 Å². The minimum Gasteiger partial charge on any atom is -0.398 e. The summed E-state index contributed by atoms with van der Waals surface area (Å²) < 4.78 is 0. The van der Waals surface area contributed by atoms with Gasteiger partial charge in [-0.15, -0.1) is 0 Å². The van der Waals surface area contributed by atoms with Gasteiger partial charge in [-0.2, -0.15) is 0 Å². The predicted octanol–water partition coefficient (Wildman–Crippen LogP) is 4.57. The lowest BCUT2D eigenvalue weighted by Crippen LogP contribution is -2.58. The van der Waals surface area contributed by atoms with Gasteiger partial charge in [0.2, 0.25) is 0 Å². The number of nitrogens with zero attached hydrogens (tertiary/aromatic N) is 1. The summed E-state index contributed by atoms with van der Waals surface area (Å²) in [5.74, 6) is -0.0997. The van der Waals surface area contributed by atoms with Crippen LogP contribution in [0.1, 0.15) is 72.9 Å². The van der Waals surface area contributed by atoms with Gasteiger partial charge in [0.1, 0.15) is 0 Å². The molecule has 2 fully saturated rings. The van der Waals surface area contributed by atoms with Gasteiger partial charge in [0, 0.05) is 39.4 Å². The van der Waals surface area contributed by atoms with Crippen molar-refractivity contribution in [2.24, 2.45) is 5.14 Å². The Labute approximate surface area is 201 Å². The van der Waals surface area contributed by atoms with Gasteiger partial charge in [0.25, 0.3) is 5.91 Å². The van der Waals surface area contributed by atoms with Crippen LogP contribution in [0, 0.1) is 5.41 Å². The summed E-state index contributed by atoms with van der Waals surface area (Å²) >= 11 is 1.14. The zero-order chi connectivity index (χ0) is 23.3. The van der Waals surface area contributed by atoms with Crippen molar-refractivity contribution in [2.45, 2.75) is 61.8 Å². The van der Waals surface area contributed by atoms with Crippen LogP contribution in [-0.2, 0) is 0 Å². The van der Waals surface area contributed by atoms with Crippen LogP contribution in [0.5, 0.6) is 0 Å². The van der Waals surface area contributed by atoms with Gasteiger partial charge < -0.3 is 11.1 Å². The Morgan fingerprint density at radius 1 is 1.00 bits per heavy atom. The summed E-state index contributed by atoms with van der Waals surface area (Å²) in [6, 6.07) is 12.7. The van der Waals surface area contributed by atoms with Crippen molar-refractivity contribution in [1.29, 1.82) is 5.41 Å². The Kier molecular flexibility index (Phi) is 7.73. The molecule has 0 atom stereocenters. The second-order valence-corrected chi connectivity index (χ2v) is 10.0. The first-order valence-corrected chi connectivity index (χ1v) is 12.9. The molecule has 0 spiro atoms. The number of hydrogen-bond acceptors (Lipinski definition) is 6. The lowest BCUT2D eigenvalue weighted by molar-refractivity contribution is 0.0326. The highest BCUT2D eigenvalue weighted by atomic mass is 32.2. The van der Waals surface area contributed by atoms with E-state index in [4.69, 9.17) is 16.3 Å². The van der Waals surface area contributed by atoms with E-state index in [0.29, 0.717) is 23.4 Å². The fourth-order valence-electron chi connectivity index (χ4n) is 5.32. The molecule has 6 N–H and O–H groups in total. The van der Waals surface area contributed by atoms with Crippen LogP contribution in [0.4, 0.5) is 5.69 Å². The van der Waals surface area contributed by atoms with E-state index in [1.807, 2.05) is 24.3 Å². The number of nitrogens with one attached hydrogen (secondary N) is 2. The summed E-state index contributed by atoms with van der Waals surface area (Å²) in [6.45, 7) is 2.96. The molecule has 1 aliphatic carbocycles. The van der Waals surface area contributed by atoms with Crippen molar-refractivity contribution >= 4 is 29.3 Å². The first kappa shape index (κ1) is 23.8. The number of hydrogen-bond donors (Lipinski definition) is 4. The molecular formula is C26H35N5OS. The third kappa shape index (κ3) is 5.42. The van der Waals surface area contributed by atoms with Crippen molar-refractivity contribution in [3.05, 3.63) is 59.2 Å². The summed E-state index contributed by atoms with van der Waals surface area (Å²) in [6.07, 6.45) is 9.88. The first-order chi connectivity index (χ1) is 16.0. The third-order valence-electron chi connectivity index (χ3n) is 7.23. The number of nitrogens with two attached hydrogens (primary N) is 2. The number of carbonyl (C=O) groups is 1. The fraction of sp³-hybridized carbons (Fsp3) is 0.462. The highest BCUT2D eigenvalue weighted by Gasteiger charge is 2.38. The Balaban J connectivity index is 1.50. The molecule has 33 heavy (non-hydrogen) atoms. The molecule has 0 unspecified atom stereocenters. The zero-order valence-corrected chi connectivity index (χ0v) is 20.1. The summed E-state index contributed by atoms with van der Waals surface area (Å²) in [4.78, 5) is 16.7. The minimum absolute atomic E-state index is 0.0814. The smallest absolute Gasteiger partial charge is 0.251 e. The van der Waals surface area contributed by atoms with Crippen LogP contribution in [0.2, 0.25) is 0 Å². The summed E-state index contributed by atoms with van der Waals surface area (Å²) in [7, 11) is 0. The Morgan fingerprint density at radius 2 is 1.73 bits per heavy atom. The van der Waals surface area contributed by atoms with Crippen molar-refractivity contribution in [2.75, 3.05) is 25.4 Å². The molecule has 1 saturated heterocycles. The van der Waals surface area contributed by atoms with E-state index in [2.05, 4.69) is 10.2 Å². The molecule has 0 bridgehead atoms. The SMILES string of the molecule is N=C(c1cccc(SN)c1)c1cc(C(=O)NCC2(N3CCCCC3)CCCCC2)ccc1N. The molecule has 1 aliphatic heterocycles. The van der Waals surface area contributed by atoms with Gasteiger partial charge in [0.15, 0.2) is 0 Å². The van der Waals surface area contributed by atoms with Crippen LogP contribution >= 0.6 is 11.9 Å². The average Bonchev–Trinajstić information content (AvgIpc) is 2.88. The standard InChI is InChI=1S/C26H35N5OS/c27-23-11-10-20(17-22(23)24(28)19-8-7-9-21(16-19)33-29)25(32)30-18-26(12-3-1-4-13-26)31-14-5-2-6-15-31/h7-11,16-17,28H,1-6,12-15,18,27,29H2,(H,30,32). The van der Waals surface area contributed by atoms with Gasteiger partial charge in [-0.3, -0.25) is 20.2 Å². The van der Waals surface area contributed by atoms with E-state index in [0.717, 1.165) is 48.3 Å². The topological polar surface area (TPSA) is 108 Å². The summed E-state index contributed by atoms with van der Waals surface area (Å²) in [5, 5.41) is 17.6. The van der Waals surface area contributed by atoms with Crippen LogP contribution in [0.15, 0.2) is 47.4 Å². The van der Waals surface area contributed by atoms with E-state index < -0.39 is 0 Å². The Morgan fingerprint density at radius 3 is 2.45 bits per heavy atom. The molecule has 6 nitrogen and oxygen atoms in total. The second-order valence-electron chi connectivity index (χ2n) is 9.34. The van der Waals surface area contributed by atoms with E-state index >= 15 is 0 Å². The van der Waals surface area contributed by atoms with Gasteiger partial charge in [-0.05, 0) is 81.1 Å². The molecule has 176 valence electrons. The van der Waals surface area contributed by atoms with Crippen molar-refractivity contribution in [1.82, 2.24) is 10.2 Å². The van der Waals surface area contributed by atoms with E-state index in [9.17, 15) is 4.79 Å². The van der Waals surface area contributed by atoms with Crippen LogP contribution < -0.4 is 16.2 Å². The maximum atomic E-state index is 13.2. The highest BCUT2D eigenvalue weighted by Crippen LogP contribution is 2.35. The molecular weight excluding hydrogens is 430 g/mol. The number of amides is 1. The highest BCUT2D eigenvalue weighted by molar-refractivity contribution is 7.97. The number of likely N-dealkylation sites (tertiary alicyclic amines) is 1. The molecule has 2 aliphatic rings. The van der Waals surface area contributed by atoms with E-state index in [1.165, 1.54) is 38.5 Å². The average molecular weight is 466 g/mol. The van der Waals surface area contributed by atoms with Crippen molar-refractivity contribution in [3.8, 4) is 0 Å². The lowest BCUT2D eigenvalue weighted by Gasteiger charge is -2.48.